The molecule has 0 bridgehead atoms. The van der Waals surface area contributed by atoms with Gasteiger partial charge in [0.1, 0.15) is 0 Å². The Bertz CT molecular complexity index is 1130. The van der Waals surface area contributed by atoms with E-state index >= 15 is 0 Å². The molecule has 0 radical (unpaired) electrons. The van der Waals surface area contributed by atoms with Gasteiger partial charge in [-0.2, -0.15) is 0 Å². The number of nitrogens with one attached hydrogen (secondary N) is 1. The summed E-state index contributed by atoms with van der Waals surface area (Å²) in [5.41, 5.74) is 0.652. The minimum absolute atomic E-state index is 0.112. The van der Waals surface area contributed by atoms with Gasteiger partial charge in [0.2, 0.25) is 15.9 Å². The Morgan fingerprint density at radius 3 is 2.39 bits per heavy atom. The first-order valence-electron chi connectivity index (χ1n) is 7.81. The summed E-state index contributed by atoms with van der Waals surface area (Å²) >= 11 is 11.9. The van der Waals surface area contributed by atoms with Crippen LogP contribution in [0, 0.1) is 0 Å². The van der Waals surface area contributed by atoms with Crippen LogP contribution in [0.1, 0.15) is 10.4 Å². The van der Waals surface area contributed by atoms with Crippen LogP contribution in [0.4, 0.5) is 6.01 Å². The highest BCUT2D eigenvalue weighted by Crippen LogP contribution is 2.24. The van der Waals surface area contributed by atoms with Crippen molar-refractivity contribution in [3.05, 3.63) is 58.1 Å². The fourth-order valence-electron chi connectivity index (χ4n) is 2.21. The predicted molar refractivity (Wildman–Crippen MR) is 105 cm³/mol. The number of aromatic nitrogens is 2. The summed E-state index contributed by atoms with van der Waals surface area (Å²) < 4.78 is 30.7. The van der Waals surface area contributed by atoms with E-state index in [-0.39, 0.29) is 27.4 Å². The highest BCUT2D eigenvalue weighted by molar-refractivity contribution is 7.89. The maximum atomic E-state index is 12.3. The Kier molecular flexibility index (Phi) is 5.71. The fraction of sp³-hybridized carbons (Fsp3) is 0.118. The average Bonchev–Trinajstić information content (AvgIpc) is 3.12. The Labute approximate surface area is 171 Å². The van der Waals surface area contributed by atoms with Gasteiger partial charge in [0.15, 0.2) is 0 Å². The van der Waals surface area contributed by atoms with Gasteiger partial charge in [-0.1, -0.05) is 28.3 Å². The summed E-state index contributed by atoms with van der Waals surface area (Å²) in [7, 11) is -0.645. The van der Waals surface area contributed by atoms with Crippen LogP contribution in [0.15, 0.2) is 51.8 Å². The van der Waals surface area contributed by atoms with Crippen LogP contribution >= 0.6 is 23.2 Å². The average molecular weight is 441 g/mol. The van der Waals surface area contributed by atoms with Crippen molar-refractivity contribution in [2.75, 3.05) is 19.4 Å². The highest BCUT2D eigenvalue weighted by atomic mass is 35.5. The number of nitrogens with zero attached hydrogens (tertiary/aromatic N) is 3. The number of hydrogen-bond acceptors (Lipinski definition) is 6. The van der Waals surface area contributed by atoms with Crippen molar-refractivity contribution in [3.8, 4) is 11.5 Å². The molecule has 8 nitrogen and oxygen atoms in total. The monoisotopic (exact) mass is 440 g/mol. The minimum Gasteiger partial charge on any atom is -0.403 e. The molecule has 0 atom stereocenters. The lowest BCUT2D eigenvalue weighted by atomic mass is 10.2. The second kappa shape index (κ2) is 7.88. The van der Waals surface area contributed by atoms with Crippen molar-refractivity contribution >= 4 is 45.1 Å². The van der Waals surface area contributed by atoms with Gasteiger partial charge in [0, 0.05) is 24.7 Å². The molecule has 0 saturated heterocycles. The molecule has 0 aliphatic rings. The van der Waals surface area contributed by atoms with Gasteiger partial charge in [-0.15, -0.1) is 5.10 Å². The van der Waals surface area contributed by atoms with Crippen LogP contribution in [0.2, 0.25) is 10.0 Å². The van der Waals surface area contributed by atoms with Gasteiger partial charge >= 0.3 is 6.01 Å². The summed E-state index contributed by atoms with van der Waals surface area (Å²) in [6.07, 6.45) is 0. The molecular weight excluding hydrogens is 427 g/mol. The van der Waals surface area contributed by atoms with E-state index in [2.05, 4.69) is 15.5 Å². The number of benzene rings is 2. The molecule has 0 unspecified atom stereocenters. The number of carbonyl (C=O) groups excluding carboxylic acids is 1. The van der Waals surface area contributed by atoms with Crippen molar-refractivity contribution in [1.82, 2.24) is 14.5 Å². The third-order valence-corrected chi connectivity index (χ3v) is 6.09. The molecule has 0 aliphatic heterocycles. The molecule has 1 heterocycles. The smallest absolute Gasteiger partial charge is 0.322 e. The van der Waals surface area contributed by atoms with Gasteiger partial charge in [0.05, 0.1) is 15.5 Å². The molecule has 11 heteroatoms. The molecule has 1 amide bonds. The number of rotatable bonds is 5. The number of sulfonamides is 1. The predicted octanol–water partition coefficient (Wildman–Crippen LogP) is 3.55. The molecule has 3 aromatic rings. The number of amides is 1. The normalized spacial score (nSPS) is 11.6. The SMILES string of the molecule is CN(C)S(=O)(=O)c1ccc(-c2nnc(NC(=O)c3cc(Cl)ccc3Cl)o2)cc1. The Morgan fingerprint density at radius 2 is 1.75 bits per heavy atom. The van der Waals surface area contributed by atoms with Crippen LogP contribution in [0.3, 0.4) is 0 Å². The maximum Gasteiger partial charge on any atom is 0.322 e. The minimum atomic E-state index is -3.54. The van der Waals surface area contributed by atoms with E-state index in [1.807, 2.05) is 0 Å². The molecule has 1 N–H and O–H groups in total. The van der Waals surface area contributed by atoms with Gasteiger partial charge < -0.3 is 4.42 Å². The van der Waals surface area contributed by atoms with Crippen molar-refractivity contribution in [2.24, 2.45) is 0 Å². The molecule has 28 heavy (non-hydrogen) atoms. The molecule has 0 aliphatic carbocycles. The summed E-state index contributed by atoms with van der Waals surface area (Å²) in [4.78, 5) is 12.4. The lowest BCUT2D eigenvalue weighted by Gasteiger charge is -2.11. The number of hydrogen-bond donors (Lipinski definition) is 1. The molecule has 146 valence electrons. The van der Waals surface area contributed by atoms with E-state index < -0.39 is 15.9 Å². The van der Waals surface area contributed by atoms with Gasteiger partial charge in [-0.05, 0) is 42.5 Å². The third-order valence-electron chi connectivity index (χ3n) is 3.70. The first kappa shape index (κ1) is 20.3. The van der Waals surface area contributed by atoms with E-state index in [4.69, 9.17) is 27.6 Å². The van der Waals surface area contributed by atoms with Crippen LogP contribution in [-0.2, 0) is 10.0 Å². The lowest BCUT2D eigenvalue weighted by molar-refractivity contribution is 0.102. The molecule has 0 saturated carbocycles. The maximum absolute atomic E-state index is 12.3. The van der Waals surface area contributed by atoms with Crippen LogP contribution in [0.5, 0.6) is 0 Å². The van der Waals surface area contributed by atoms with E-state index in [9.17, 15) is 13.2 Å². The quantitative estimate of drug-likeness (QED) is 0.649. The highest BCUT2D eigenvalue weighted by Gasteiger charge is 2.19. The Hall–Kier alpha value is -2.46. The zero-order valence-electron chi connectivity index (χ0n) is 14.7. The van der Waals surface area contributed by atoms with E-state index in [0.717, 1.165) is 4.31 Å². The van der Waals surface area contributed by atoms with Crippen molar-refractivity contribution in [3.63, 3.8) is 0 Å². The topological polar surface area (TPSA) is 105 Å². The van der Waals surface area contributed by atoms with Gasteiger partial charge in [-0.3, -0.25) is 10.1 Å². The van der Waals surface area contributed by atoms with Crippen molar-refractivity contribution < 1.29 is 17.6 Å². The van der Waals surface area contributed by atoms with Crippen molar-refractivity contribution in [1.29, 1.82) is 0 Å². The van der Waals surface area contributed by atoms with Crippen LogP contribution < -0.4 is 5.32 Å². The summed E-state index contributed by atoms with van der Waals surface area (Å²) in [6.45, 7) is 0. The first-order valence-corrected chi connectivity index (χ1v) is 10.0. The first-order chi connectivity index (χ1) is 13.2. The van der Waals surface area contributed by atoms with Crippen molar-refractivity contribution in [2.45, 2.75) is 4.90 Å². The van der Waals surface area contributed by atoms with Gasteiger partial charge in [-0.25, -0.2) is 12.7 Å². The lowest BCUT2D eigenvalue weighted by Crippen LogP contribution is -2.22. The Balaban J connectivity index is 1.79. The second-order valence-electron chi connectivity index (χ2n) is 5.80. The second-order valence-corrected chi connectivity index (χ2v) is 8.80. The molecule has 1 aromatic heterocycles. The molecule has 2 aromatic carbocycles. The molecule has 0 fully saturated rings. The summed E-state index contributed by atoms with van der Waals surface area (Å²) in [6, 6.07) is 10.3. The van der Waals surface area contributed by atoms with E-state index in [1.54, 1.807) is 6.07 Å². The van der Waals surface area contributed by atoms with Gasteiger partial charge in [0.25, 0.3) is 5.91 Å². The number of anilines is 1. The molecule has 0 spiro atoms. The number of carbonyl (C=O) groups is 1. The Morgan fingerprint density at radius 1 is 1.07 bits per heavy atom. The summed E-state index contributed by atoms with van der Waals surface area (Å²) in [5, 5.41) is 10.6. The zero-order valence-corrected chi connectivity index (χ0v) is 17.0. The van der Waals surface area contributed by atoms with Crippen LogP contribution in [-0.4, -0.2) is 42.9 Å². The van der Waals surface area contributed by atoms with E-state index in [0.29, 0.717) is 10.6 Å². The third kappa shape index (κ3) is 4.17. The summed E-state index contributed by atoms with van der Waals surface area (Å²) in [5.74, 6) is -0.448. The number of halogens is 2. The molecular formula is C17H14Cl2N4O4S. The van der Waals surface area contributed by atoms with Crippen LogP contribution in [0.25, 0.3) is 11.5 Å². The zero-order chi connectivity index (χ0) is 20.5. The fourth-order valence-corrected chi connectivity index (χ4v) is 3.48. The standard InChI is InChI=1S/C17H14Cl2N4O4S/c1-23(2)28(25,26)12-6-3-10(4-7-12)16-21-22-17(27-16)20-15(24)13-9-11(18)5-8-14(13)19/h3-9H,1-2H3,(H,20,22,24). The largest absolute Gasteiger partial charge is 0.403 e. The molecule has 3 rings (SSSR count). The van der Waals surface area contributed by atoms with E-state index in [1.165, 1.54) is 50.5 Å².